The van der Waals surface area contributed by atoms with Gasteiger partial charge in [-0.1, -0.05) is 20.8 Å². The van der Waals surface area contributed by atoms with Gasteiger partial charge in [-0.15, -0.1) is 0 Å². The van der Waals surface area contributed by atoms with Crippen LogP contribution in [0.15, 0.2) is 6.33 Å². The second-order valence-corrected chi connectivity index (χ2v) is 6.13. The van der Waals surface area contributed by atoms with E-state index in [9.17, 15) is 0 Å². The minimum absolute atomic E-state index is 0.0256. The molecular formula is C13H20N6. The maximum Gasteiger partial charge on any atom is 0.156 e. The lowest BCUT2D eigenvalue weighted by molar-refractivity contribution is 0.450. The Labute approximate surface area is 112 Å². The minimum Gasteiger partial charge on any atom is -0.347 e. The third-order valence-electron chi connectivity index (χ3n) is 3.51. The van der Waals surface area contributed by atoms with Gasteiger partial charge in [0.1, 0.15) is 5.82 Å². The molecule has 0 saturated heterocycles. The molecule has 2 aromatic heterocycles. The van der Waals surface area contributed by atoms with E-state index in [-0.39, 0.29) is 11.5 Å². The van der Waals surface area contributed by atoms with Crippen molar-refractivity contribution in [2.75, 3.05) is 0 Å². The quantitative estimate of drug-likeness (QED) is 0.809. The number of nitrogens with one attached hydrogen (secondary N) is 2. The molecule has 0 aliphatic carbocycles. The molecule has 2 aromatic rings. The molecule has 102 valence electrons. The molecule has 1 unspecified atom stereocenters. The van der Waals surface area contributed by atoms with Crippen molar-refractivity contribution in [1.82, 2.24) is 30.0 Å². The zero-order valence-electron chi connectivity index (χ0n) is 11.9. The normalized spacial score (nSPS) is 19.5. The minimum atomic E-state index is -0.0256. The number of aryl methyl sites for hydroxylation is 1. The van der Waals surface area contributed by atoms with Crippen LogP contribution in [0.25, 0.3) is 0 Å². The first-order chi connectivity index (χ1) is 8.95. The first-order valence-corrected chi connectivity index (χ1v) is 6.61. The number of aromatic nitrogens is 5. The summed E-state index contributed by atoms with van der Waals surface area (Å²) in [4.78, 5) is 12.2. The Morgan fingerprint density at radius 3 is 2.84 bits per heavy atom. The SMILES string of the molecule is Cn1nc(C(C)(C)C)nc1C1Cc2nc[nH]c2CN1. The summed E-state index contributed by atoms with van der Waals surface area (Å²) in [6.07, 6.45) is 2.61. The molecular weight excluding hydrogens is 240 g/mol. The summed E-state index contributed by atoms with van der Waals surface area (Å²) in [5.74, 6) is 1.87. The van der Waals surface area contributed by atoms with Crippen molar-refractivity contribution in [3.8, 4) is 0 Å². The van der Waals surface area contributed by atoms with Crippen LogP contribution < -0.4 is 5.32 Å². The highest BCUT2D eigenvalue weighted by atomic mass is 15.3. The molecule has 0 amide bonds. The van der Waals surface area contributed by atoms with E-state index in [1.807, 2.05) is 11.7 Å². The summed E-state index contributed by atoms with van der Waals surface area (Å²) in [5, 5.41) is 8.03. The standard InChI is InChI=1S/C13H20N6/c1-13(2,3)12-17-11(19(4)18-12)9-5-8-10(6-14-9)16-7-15-8/h7,9,14H,5-6H2,1-4H3,(H,15,16). The smallest absolute Gasteiger partial charge is 0.156 e. The fourth-order valence-electron chi connectivity index (χ4n) is 2.37. The summed E-state index contributed by atoms with van der Waals surface area (Å²) in [7, 11) is 1.96. The number of hydrogen-bond donors (Lipinski definition) is 2. The molecule has 19 heavy (non-hydrogen) atoms. The summed E-state index contributed by atoms with van der Waals surface area (Å²) in [6.45, 7) is 7.20. The predicted octanol–water partition coefficient (Wildman–Crippen LogP) is 1.22. The Bertz CT molecular complexity index is 589. The molecule has 1 aliphatic rings. The van der Waals surface area contributed by atoms with Crippen LogP contribution >= 0.6 is 0 Å². The van der Waals surface area contributed by atoms with Gasteiger partial charge in [0.25, 0.3) is 0 Å². The molecule has 0 aromatic carbocycles. The molecule has 2 N–H and O–H groups in total. The highest BCUT2D eigenvalue weighted by Crippen LogP contribution is 2.25. The second kappa shape index (κ2) is 4.16. The fourth-order valence-corrected chi connectivity index (χ4v) is 2.37. The van der Waals surface area contributed by atoms with Gasteiger partial charge in [0.05, 0.1) is 23.8 Å². The Kier molecular flexibility index (Phi) is 2.70. The lowest BCUT2D eigenvalue weighted by Crippen LogP contribution is -2.30. The van der Waals surface area contributed by atoms with Gasteiger partial charge in [-0.05, 0) is 0 Å². The van der Waals surface area contributed by atoms with Gasteiger partial charge < -0.3 is 10.3 Å². The number of nitrogens with zero attached hydrogens (tertiary/aromatic N) is 4. The van der Waals surface area contributed by atoms with Crippen LogP contribution in [-0.4, -0.2) is 24.7 Å². The van der Waals surface area contributed by atoms with E-state index in [1.165, 1.54) is 5.69 Å². The van der Waals surface area contributed by atoms with Crippen molar-refractivity contribution in [1.29, 1.82) is 0 Å². The average Bonchev–Trinajstić information content (AvgIpc) is 2.92. The van der Waals surface area contributed by atoms with Crippen molar-refractivity contribution < 1.29 is 0 Å². The van der Waals surface area contributed by atoms with E-state index < -0.39 is 0 Å². The van der Waals surface area contributed by atoms with Crippen molar-refractivity contribution in [2.24, 2.45) is 7.05 Å². The van der Waals surface area contributed by atoms with Crippen LogP contribution in [-0.2, 0) is 25.4 Å². The van der Waals surface area contributed by atoms with Crippen molar-refractivity contribution in [2.45, 2.75) is 45.2 Å². The Hall–Kier alpha value is -1.69. The Morgan fingerprint density at radius 2 is 2.16 bits per heavy atom. The molecule has 0 radical (unpaired) electrons. The molecule has 0 bridgehead atoms. The molecule has 0 saturated carbocycles. The highest BCUT2D eigenvalue weighted by Gasteiger charge is 2.28. The fraction of sp³-hybridized carbons (Fsp3) is 0.615. The Balaban J connectivity index is 1.90. The second-order valence-electron chi connectivity index (χ2n) is 6.13. The van der Waals surface area contributed by atoms with E-state index in [0.717, 1.165) is 30.3 Å². The van der Waals surface area contributed by atoms with Gasteiger partial charge in [0.2, 0.25) is 0 Å². The summed E-state index contributed by atoms with van der Waals surface area (Å²) in [5.41, 5.74) is 2.28. The highest BCUT2D eigenvalue weighted by molar-refractivity contribution is 5.19. The van der Waals surface area contributed by atoms with E-state index in [4.69, 9.17) is 4.98 Å². The largest absolute Gasteiger partial charge is 0.347 e. The maximum atomic E-state index is 4.71. The number of hydrogen-bond acceptors (Lipinski definition) is 4. The molecule has 0 fully saturated rings. The molecule has 6 nitrogen and oxygen atoms in total. The van der Waals surface area contributed by atoms with Gasteiger partial charge in [-0.2, -0.15) is 5.10 Å². The topological polar surface area (TPSA) is 71.4 Å². The molecule has 1 atom stereocenters. The van der Waals surface area contributed by atoms with Crippen molar-refractivity contribution in [3.63, 3.8) is 0 Å². The van der Waals surface area contributed by atoms with Crippen LogP contribution in [0, 0.1) is 0 Å². The predicted molar refractivity (Wildman–Crippen MR) is 71.6 cm³/mol. The van der Waals surface area contributed by atoms with Gasteiger partial charge in [0, 0.05) is 25.4 Å². The maximum absolute atomic E-state index is 4.71. The Morgan fingerprint density at radius 1 is 1.37 bits per heavy atom. The van der Waals surface area contributed by atoms with Gasteiger partial charge in [0.15, 0.2) is 5.82 Å². The number of aromatic amines is 1. The van der Waals surface area contributed by atoms with Crippen LogP contribution in [0.2, 0.25) is 0 Å². The summed E-state index contributed by atoms with van der Waals surface area (Å²) in [6, 6.07) is 0.185. The van der Waals surface area contributed by atoms with E-state index in [2.05, 4.69) is 41.2 Å². The number of H-pyrrole nitrogens is 1. The van der Waals surface area contributed by atoms with Crippen molar-refractivity contribution >= 4 is 0 Å². The lowest BCUT2D eigenvalue weighted by atomic mass is 9.96. The number of fused-ring (bicyclic) bond motifs is 1. The molecule has 3 heterocycles. The lowest BCUT2D eigenvalue weighted by Gasteiger charge is -2.22. The third-order valence-corrected chi connectivity index (χ3v) is 3.51. The summed E-state index contributed by atoms with van der Waals surface area (Å²) >= 11 is 0. The monoisotopic (exact) mass is 260 g/mol. The van der Waals surface area contributed by atoms with Crippen molar-refractivity contribution in [3.05, 3.63) is 29.4 Å². The van der Waals surface area contributed by atoms with Crippen LogP contribution in [0.1, 0.15) is 49.8 Å². The van der Waals surface area contributed by atoms with Crippen LogP contribution in [0.3, 0.4) is 0 Å². The zero-order chi connectivity index (χ0) is 13.6. The first-order valence-electron chi connectivity index (χ1n) is 6.61. The molecule has 0 spiro atoms. The average molecular weight is 260 g/mol. The molecule has 3 rings (SSSR count). The van der Waals surface area contributed by atoms with Crippen LogP contribution in [0.5, 0.6) is 0 Å². The zero-order valence-corrected chi connectivity index (χ0v) is 11.9. The summed E-state index contributed by atoms with van der Waals surface area (Å²) < 4.78 is 1.88. The number of imidazole rings is 1. The number of rotatable bonds is 1. The van der Waals surface area contributed by atoms with E-state index in [1.54, 1.807) is 6.33 Å². The molecule has 1 aliphatic heterocycles. The van der Waals surface area contributed by atoms with Gasteiger partial charge in [-0.3, -0.25) is 4.68 Å². The van der Waals surface area contributed by atoms with Gasteiger partial charge >= 0.3 is 0 Å². The third kappa shape index (κ3) is 2.16. The molecule has 6 heteroatoms. The van der Waals surface area contributed by atoms with Gasteiger partial charge in [-0.25, -0.2) is 9.97 Å². The first kappa shape index (κ1) is 12.3. The van der Waals surface area contributed by atoms with E-state index >= 15 is 0 Å². The van der Waals surface area contributed by atoms with E-state index in [0.29, 0.717) is 0 Å². The van der Waals surface area contributed by atoms with Crippen LogP contribution in [0.4, 0.5) is 0 Å².